The van der Waals surface area contributed by atoms with E-state index in [1.807, 2.05) is 0 Å². The number of benzene rings is 1. The first-order valence-corrected chi connectivity index (χ1v) is 5.22. The summed E-state index contributed by atoms with van der Waals surface area (Å²) in [6, 6.07) is 0.622. The molecule has 1 aromatic heterocycles. The van der Waals surface area contributed by atoms with Crippen molar-refractivity contribution in [3.63, 3.8) is 0 Å². The number of amides is 1. The summed E-state index contributed by atoms with van der Waals surface area (Å²) < 4.78 is 30.7. The van der Waals surface area contributed by atoms with Crippen molar-refractivity contribution in [2.24, 2.45) is 0 Å². The molecular formula is C11H7F2N3O4. The lowest BCUT2D eigenvalue weighted by Crippen LogP contribution is -2.17. The number of halogens is 2. The first kappa shape index (κ1) is 13.6. The second-order valence-corrected chi connectivity index (χ2v) is 3.72. The van der Waals surface area contributed by atoms with Gasteiger partial charge in [-0.15, -0.1) is 0 Å². The number of carboxylic acid groups (broad SMARTS) is 1. The Hall–Kier alpha value is -2.84. The van der Waals surface area contributed by atoms with Gasteiger partial charge in [0.15, 0.2) is 17.5 Å². The molecule has 7 nitrogen and oxygen atoms in total. The monoisotopic (exact) mass is 283 g/mol. The molecule has 104 valence electrons. The standard InChI is InChI=1S/C11H7F2N3O4/c1-4-14-11(20-16-4)15-9(17)5-2-7(12)8(13)3-6(5)10(18)19/h2-3H,1H3,(H,18,19)(H,14,15,16,17). The Morgan fingerprint density at radius 3 is 2.35 bits per heavy atom. The van der Waals surface area contributed by atoms with Crippen LogP contribution >= 0.6 is 0 Å². The molecule has 1 amide bonds. The third-order valence-corrected chi connectivity index (χ3v) is 2.28. The van der Waals surface area contributed by atoms with Crippen molar-refractivity contribution < 1.29 is 28.0 Å². The third-order valence-electron chi connectivity index (χ3n) is 2.28. The van der Waals surface area contributed by atoms with Crippen LogP contribution in [-0.2, 0) is 0 Å². The van der Waals surface area contributed by atoms with E-state index in [4.69, 9.17) is 5.11 Å². The lowest BCUT2D eigenvalue weighted by atomic mass is 10.1. The van der Waals surface area contributed by atoms with Gasteiger partial charge in [-0.2, -0.15) is 4.98 Å². The maximum Gasteiger partial charge on any atom is 0.336 e. The van der Waals surface area contributed by atoms with Gasteiger partial charge in [-0.1, -0.05) is 5.16 Å². The van der Waals surface area contributed by atoms with Gasteiger partial charge < -0.3 is 9.63 Å². The summed E-state index contributed by atoms with van der Waals surface area (Å²) in [7, 11) is 0. The molecule has 9 heteroatoms. The van der Waals surface area contributed by atoms with E-state index in [0.29, 0.717) is 12.1 Å². The van der Waals surface area contributed by atoms with Crippen molar-refractivity contribution >= 4 is 17.9 Å². The van der Waals surface area contributed by atoms with Gasteiger partial charge in [0.1, 0.15) is 0 Å². The highest BCUT2D eigenvalue weighted by molar-refractivity contribution is 6.10. The molecule has 1 heterocycles. The van der Waals surface area contributed by atoms with Crippen molar-refractivity contribution in [1.29, 1.82) is 0 Å². The van der Waals surface area contributed by atoms with Crippen molar-refractivity contribution in [1.82, 2.24) is 10.1 Å². The smallest absolute Gasteiger partial charge is 0.336 e. The summed E-state index contributed by atoms with van der Waals surface area (Å²) in [5.74, 6) is -5.06. The summed E-state index contributed by atoms with van der Waals surface area (Å²) in [6.45, 7) is 1.50. The normalized spacial score (nSPS) is 10.3. The van der Waals surface area contributed by atoms with Crippen LogP contribution < -0.4 is 5.32 Å². The van der Waals surface area contributed by atoms with E-state index in [-0.39, 0.29) is 11.8 Å². The molecule has 2 N–H and O–H groups in total. The number of anilines is 1. The van der Waals surface area contributed by atoms with E-state index in [2.05, 4.69) is 20.0 Å². The number of hydrogen-bond donors (Lipinski definition) is 2. The van der Waals surface area contributed by atoms with Crippen LogP contribution in [0, 0.1) is 18.6 Å². The number of hydrogen-bond acceptors (Lipinski definition) is 5. The number of aromatic nitrogens is 2. The molecule has 0 saturated carbocycles. The summed E-state index contributed by atoms with van der Waals surface area (Å²) in [4.78, 5) is 26.4. The molecule has 0 spiro atoms. The SMILES string of the molecule is Cc1noc(NC(=O)c2cc(F)c(F)cc2C(=O)O)n1. The van der Waals surface area contributed by atoms with Crippen molar-refractivity contribution in [3.05, 3.63) is 40.7 Å². The Bertz CT molecular complexity index is 699. The fourth-order valence-corrected chi connectivity index (χ4v) is 1.42. The van der Waals surface area contributed by atoms with Gasteiger partial charge in [-0.05, 0) is 19.1 Å². The van der Waals surface area contributed by atoms with Gasteiger partial charge in [-0.25, -0.2) is 13.6 Å². The second kappa shape index (κ2) is 5.03. The Morgan fingerprint density at radius 2 is 1.85 bits per heavy atom. The topological polar surface area (TPSA) is 105 Å². The van der Waals surface area contributed by atoms with E-state index in [9.17, 15) is 18.4 Å². The maximum atomic E-state index is 13.1. The molecule has 0 atom stereocenters. The van der Waals surface area contributed by atoms with Gasteiger partial charge in [0.05, 0.1) is 11.1 Å². The van der Waals surface area contributed by atoms with Crippen LogP contribution in [0.3, 0.4) is 0 Å². The van der Waals surface area contributed by atoms with Crippen LogP contribution in [-0.4, -0.2) is 27.1 Å². The van der Waals surface area contributed by atoms with Crippen molar-refractivity contribution in [2.75, 3.05) is 5.32 Å². The maximum absolute atomic E-state index is 13.1. The van der Waals surface area contributed by atoms with Gasteiger partial charge in [-0.3, -0.25) is 10.1 Å². The zero-order chi connectivity index (χ0) is 14.9. The Morgan fingerprint density at radius 1 is 1.25 bits per heavy atom. The van der Waals surface area contributed by atoms with Crippen LogP contribution in [0.4, 0.5) is 14.8 Å². The molecule has 0 bridgehead atoms. The summed E-state index contributed by atoms with van der Waals surface area (Å²) >= 11 is 0. The number of carbonyl (C=O) groups is 2. The summed E-state index contributed by atoms with van der Waals surface area (Å²) in [6.07, 6.45) is 0. The molecule has 2 rings (SSSR count). The summed E-state index contributed by atoms with van der Waals surface area (Å²) in [5.41, 5.74) is -1.25. The quantitative estimate of drug-likeness (QED) is 0.886. The van der Waals surface area contributed by atoms with E-state index in [1.54, 1.807) is 0 Å². The number of carboxylic acids is 1. The molecule has 0 fully saturated rings. The minimum atomic E-state index is -1.57. The molecule has 0 saturated heterocycles. The van der Waals surface area contributed by atoms with Crippen molar-refractivity contribution in [3.8, 4) is 0 Å². The van der Waals surface area contributed by atoms with E-state index in [1.165, 1.54) is 6.92 Å². The predicted molar refractivity (Wildman–Crippen MR) is 60.3 cm³/mol. The van der Waals surface area contributed by atoms with E-state index in [0.717, 1.165) is 0 Å². The predicted octanol–water partition coefficient (Wildman–Crippen LogP) is 1.61. The van der Waals surface area contributed by atoms with Crippen molar-refractivity contribution in [2.45, 2.75) is 6.92 Å². The number of nitrogens with one attached hydrogen (secondary N) is 1. The zero-order valence-corrected chi connectivity index (χ0v) is 9.98. The van der Waals surface area contributed by atoms with Gasteiger partial charge in [0, 0.05) is 0 Å². The molecule has 0 aliphatic heterocycles. The minimum absolute atomic E-state index is 0.240. The fraction of sp³-hybridized carbons (Fsp3) is 0.0909. The lowest BCUT2D eigenvalue weighted by molar-refractivity contribution is 0.0691. The highest BCUT2D eigenvalue weighted by Gasteiger charge is 2.21. The average molecular weight is 283 g/mol. The molecule has 0 aliphatic carbocycles. The van der Waals surface area contributed by atoms with Crippen LogP contribution in [0.1, 0.15) is 26.5 Å². The van der Waals surface area contributed by atoms with Crippen LogP contribution in [0.15, 0.2) is 16.7 Å². The summed E-state index contributed by atoms with van der Waals surface area (Å²) in [5, 5.41) is 14.4. The number of nitrogens with zero attached hydrogens (tertiary/aromatic N) is 2. The molecule has 20 heavy (non-hydrogen) atoms. The fourth-order valence-electron chi connectivity index (χ4n) is 1.42. The molecule has 1 aromatic carbocycles. The molecule has 0 aliphatic rings. The third kappa shape index (κ3) is 2.60. The van der Waals surface area contributed by atoms with Gasteiger partial charge in [0.2, 0.25) is 0 Å². The average Bonchev–Trinajstić information content (AvgIpc) is 2.77. The molecule has 2 aromatic rings. The highest BCUT2D eigenvalue weighted by Crippen LogP contribution is 2.17. The second-order valence-electron chi connectivity index (χ2n) is 3.72. The largest absolute Gasteiger partial charge is 0.478 e. The van der Waals surface area contributed by atoms with Gasteiger partial charge in [0.25, 0.3) is 5.91 Å². The Balaban J connectivity index is 2.38. The number of aromatic carboxylic acids is 1. The molecular weight excluding hydrogens is 276 g/mol. The van der Waals surface area contributed by atoms with Crippen LogP contribution in [0.2, 0.25) is 0 Å². The number of rotatable bonds is 3. The highest BCUT2D eigenvalue weighted by atomic mass is 19.2. The van der Waals surface area contributed by atoms with Crippen LogP contribution in [0.5, 0.6) is 0 Å². The van der Waals surface area contributed by atoms with Gasteiger partial charge >= 0.3 is 12.0 Å². The molecule has 0 unspecified atom stereocenters. The first-order valence-electron chi connectivity index (χ1n) is 5.22. The molecule has 0 radical (unpaired) electrons. The Kier molecular flexibility index (Phi) is 3.42. The Labute approximate surface area is 110 Å². The number of aryl methyl sites for hydroxylation is 1. The lowest BCUT2D eigenvalue weighted by Gasteiger charge is -2.05. The van der Waals surface area contributed by atoms with E-state index < -0.39 is 34.6 Å². The van der Waals surface area contributed by atoms with Crippen LogP contribution in [0.25, 0.3) is 0 Å². The van der Waals surface area contributed by atoms with E-state index >= 15 is 0 Å². The first-order chi connectivity index (χ1) is 9.38. The zero-order valence-electron chi connectivity index (χ0n) is 9.98. The minimum Gasteiger partial charge on any atom is -0.478 e. The number of carbonyl (C=O) groups excluding carboxylic acids is 1.